The maximum atomic E-state index is 12.9. The highest BCUT2D eigenvalue weighted by Crippen LogP contribution is 2.39. The van der Waals surface area contributed by atoms with Gasteiger partial charge in [-0.2, -0.15) is 0 Å². The fourth-order valence-electron chi connectivity index (χ4n) is 4.22. The predicted molar refractivity (Wildman–Crippen MR) is 144 cm³/mol. The van der Waals surface area contributed by atoms with Crippen molar-refractivity contribution in [3.63, 3.8) is 0 Å². The largest absolute Gasteiger partial charge is 0.495 e. The van der Waals surface area contributed by atoms with Gasteiger partial charge in [-0.1, -0.05) is 64.3 Å². The monoisotopic (exact) mass is 563 g/mol. The second-order valence-electron chi connectivity index (χ2n) is 8.30. The molecule has 1 amide bonds. The zero-order valence-corrected chi connectivity index (χ0v) is 22.4. The lowest BCUT2D eigenvalue weighted by Gasteiger charge is -2.20. The molecule has 1 heterocycles. The Labute approximate surface area is 217 Å². The Morgan fingerprint density at radius 3 is 2.38 bits per heavy atom. The van der Waals surface area contributed by atoms with Crippen molar-refractivity contribution < 1.29 is 14.3 Å². The van der Waals surface area contributed by atoms with Gasteiger partial charge < -0.3 is 14.8 Å². The Hall–Kier alpha value is -2.03. The van der Waals surface area contributed by atoms with Crippen LogP contribution in [0.15, 0.2) is 50.9 Å². The minimum atomic E-state index is -0.398. The quantitative estimate of drug-likeness (QED) is 0.422. The van der Waals surface area contributed by atoms with E-state index >= 15 is 0 Å². The molecule has 1 aliphatic carbocycles. The second-order valence-corrected chi connectivity index (χ2v) is 10.6. The Morgan fingerprint density at radius 1 is 1.06 bits per heavy atom. The summed E-state index contributed by atoms with van der Waals surface area (Å²) in [5.41, 5.74) is 1.98. The number of nitrogens with one attached hydrogen (secondary N) is 1. The number of rotatable bonds is 6. The van der Waals surface area contributed by atoms with Gasteiger partial charge in [0, 0.05) is 16.1 Å². The van der Waals surface area contributed by atoms with E-state index in [0.29, 0.717) is 22.2 Å². The van der Waals surface area contributed by atoms with Crippen molar-refractivity contribution in [1.29, 1.82) is 0 Å². The zero-order chi connectivity index (χ0) is 24.1. The van der Waals surface area contributed by atoms with E-state index in [1.54, 1.807) is 12.1 Å². The molecular weight excluding hydrogens is 538 g/mol. The number of thioether (sulfide) groups is 1. The number of nitrogens with zero attached hydrogens (tertiary/aromatic N) is 2. The molecule has 2 aromatic carbocycles. The van der Waals surface area contributed by atoms with Gasteiger partial charge in [-0.05, 0) is 43.9 Å². The van der Waals surface area contributed by atoms with Gasteiger partial charge in [0.05, 0.1) is 36.4 Å². The molecule has 1 spiro atoms. The number of amides is 1. The Morgan fingerprint density at radius 2 is 1.74 bits per heavy atom. The van der Waals surface area contributed by atoms with E-state index in [2.05, 4.69) is 21.2 Å². The smallest absolute Gasteiger partial charge is 0.234 e. The van der Waals surface area contributed by atoms with E-state index in [-0.39, 0.29) is 11.7 Å². The van der Waals surface area contributed by atoms with E-state index in [0.717, 1.165) is 46.5 Å². The van der Waals surface area contributed by atoms with Crippen molar-refractivity contribution in [1.82, 2.24) is 0 Å². The van der Waals surface area contributed by atoms with E-state index < -0.39 is 5.66 Å². The van der Waals surface area contributed by atoms with Crippen molar-refractivity contribution in [2.75, 3.05) is 25.3 Å². The van der Waals surface area contributed by atoms with Gasteiger partial charge in [0.15, 0.2) is 5.66 Å². The highest BCUT2D eigenvalue weighted by Gasteiger charge is 2.37. The molecule has 2 aromatic rings. The maximum Gasteiger partial charge on any atom is 0.234 e. The van der Waals surface area contributed by atoms with E-state index in [1.165, 1.54) is 38.8 Å². The van der Waals surface area contributed by atoms with Crippen LogP contribution >= 0.6 is 39.3 Å². The molecule has 6 nitrogen and oxygen atoms in total. The molecule has 180 valence electrons. The summed E-state index contributed by atoms with van der Waals surface area (Å²) in [5, 5.41) is 4.11. The molecule has 0 aromatic heterocycles. The number of ether oxygens (including phenoxy) is 2. The third kappa shape index (κ3) is 5.78. The first-order valence-corrected chi connectivity index (χ1v) is 13.4. The fourth-order valence-corrected chi connectivity index (χ4v) is 5.60. The molecule has 1 saturated carbocycles. The van der Waals surface area contributed by atoms with Crippen LogP contribution in [0.25, 0.3) is 0 Å². The number of hydrogen-bond acceptors (Lipinski definition) is 6. The predicted octanol–water partition coefficient (Wildman–Crippen LogP) is 6.74. The first kappa shape index (κ1) is 25.1. The molecule has 4 rings (SSSR count). The lowest BCUT2D eigenvalue weighted by Crippen LogP contribution is -2.20. The zero-order valence-electron chi connectivity index (χ0n) is 19.2. The van der Waals surface area contributed by atoms with Gasteiger partial charge in [-0.15, -0.1) is 0 Å². The van der Waals surface area contributed by atoms with Crippen LogP contribution in [0.2, 0.25) is 5.02 Å². The van der Waals surface area contributed by atoms with Crippen molar-refractivity contribution >= 4 is 61.6 Å². The number of methoxy groups -OCH3 is 2. The molecule has 34 heavy (non-hydrogen) atoms. The van der Waals surface area contributed by atoms with Crippen molar-refractivity contribution in [3.05, 3.63) is 51.5 Å². The van der Waals surface area contributed by atoms with Gasteiger partial charge in [0.2, 0.25) is 5.91 Å². The van der Waals surface area contributed by atoms with E-state index in [1.807, 2.05) is 24.3 Å². The summed E-state index contributed by atoms with van der Waals surface area (Å²) in [7, 11) is 3.07. The Bertz CT molecular complexity index is 1110. The molecule has 9 heteroatoms. The van der Waals surface area contributed by atoms with Gasteiger partial charge >= 0.3 is 0 Å². The van der Waals surface area contributed by atoms with Gasteiger partial charge in [0.1, 0.15) is 16.5 Å². The highest BCUT2D eigenvalue weighted by molar-refractivity contribution is 9.10. The number of carbonyl (C=O) groups excluding carboxylic acids is 1. The van der Waals surface area contributed by atoms with Gasteiger partial charge in [0.25, 0.3) is 0 Å². The average molecular weight is 565 g/mol. The molecule has 0 bridgehead atoms. The standard InChI is InChI=1S/C25H27BrClN3O3S/c1-32-20-14-21(33-2)19(13-18(20)27)28-22(31)15-34-24-23(16-7-9-17(26)10-8-16)29-25(30-24)11-5-3-4-6-12-25/h7-10,13-14H,3-6,11-12,15H2,1-2H3,(H,28,31). The van der Waals surface area contributed by atoms with Crippen LogP contribution in [0.1, 0.15) is 44.1 Å². The molecule has 0 unspecified atom stereocenters. The molecular formula is C25H27BrClN3O3S. The van der Waals surface area contributed by atoms with Gasteiger partial charge in [-0.3, -0.25) is 9.79 Å². The van der Waals surface area contributed by atoms with E-state index in [9.17, 15) is 4.79 Å². The average Bonchev–Trinajstić information content (AvgIpc) is 3.02. The van der Waals surface area contributed by atoms with Crippen LogP contribution in [0, 0.1) is 0 Å². The Kier molecular flexibility index (Phi) is 8.22. The SMILES string of the molecule is COc1cc(OC)c(NC(=O)CSC2=NC3(CCCCCC3)N=C2c2ccc(Br)cc2)cc1Cl. The van der Waals surface area contributed by atoms with Crippen molar-refractivity contribution in [2.24, 2.45) is 9.98 Å². The first-order chi connectivity index (χ1) is 16.4. The van der Waals surface area contributed by atoms with Crippen LogP contribution in [0.4, 0.5) is 5.69 Å². The van der Waals surface area contributed by atoms with Crippen molar-refractivity contribution in [2.45, 2.75) is 44.2 Å². The summed E-state index contributed by atoms with van der Waals surface area (Å²) in [5.74, 6) is 0.976. The third-order valence-electron chi connectivity index (χ3n) is 5.94. The third-order valence-corrected chi connectivity index (χ3v) is 7.73. The lowest BCUT2D eigenvalue weighted by atomic mass is 10.0. The number of halogens is 2. The summed E-state index contributed by atoms with van der Waals surface area (Å²) in [4.78, 5) is 23.1. The molecule has 1 N–H and O–H groups in total. The Balaban J connectivity index is 1.52. The minimum absolute atomic E-state index is 0.177. The van der Waals surface area contributed by atoms with Gasteiger partial charge in [-0.25, -0.2) is 4.99 Å². The molecule has 0 atom stereocenters. The fraction of sp³-hybridized carbons (Fsp3) is 0.400. The molecule has 0 radical (unpaired) electrons. The van der Waals surface area contributed by atoms with Crippen LogP contribution < -0.4 is 14.8 Å². The normalized spacial score (nSPS) is 17.1. The van der Waals surface area contributed by atoms with Crippen molar-refractivity contribution in [3.8, 4) is 11.5 Å². The molecule has 2 aliphatic rings. The summed E-state index contributed by atoms with van der Waals surface area (Å²) in [6, 6.07) is 11.4. The number of aliphatic imine (C=N–C) groups is 2. The summed E-state index contributed by atoms with van der Waals surface area (Å²) in [6.07, 6.45) is 6.58. The van der Waals surface area contributed by atoms with E-state index in [4.69, 9.17) is 31.1 Å². The van der Waals surface area contributed by atoms with Crippen LogP contribution in [-0.4, -0.2) is 42.3 Å². The second kappa shape index (κ2) is 11.1. The summed E-state index contributed by atoms with van der Waals surface area (Å²) >= 11 is 11.2. The summed E-state index contributed by atoms with van der Waals surface area (Å²) < 4.78 is 11.6. The molecule has 1 fully saturated rings. The highest BCUT2D eigenvalue weighted by atomic mass is 79.9. The van der Waals surface area contributed by atoms with Crippen LogP contribution in [0.3, 0.4) is 0 Å². The van der Waals surface area contributed by atoms with Crippen LogP contribution in [0.5, 0.6) is 11.5 Å². The maximum absolute atomic E-state index is 12.9. The lowest BCUT2D eigenvalue weighted by molar-refractivity contribution is -0.113. The van der Waals surface area contributed by atoms with Crippen LogP contribution in [-0.2, 0) is 4.79 Å². The topological polar surface area (TPSA) is 72.3 Å². The number of hydrogen-bond donors (Lipinski definition) is 1. The molecule has 1 aliphatic heterocycles. The molecule has 0 saturated heterocycles. The number of benzene rings is 2. The first-order valence-electron chi connectivity index (χ1n) is 11.2. The number of carbonyl (C=O) groups is 1. The summed E-state index contributed by atoms with van der Waals surface area (Å²) in [6.45, 7) is 0. The minimum Gasteiger partial charge on any atom is -0.495 e. The number of anilines is 1.